The van der Waals surface area contributed by atoms with Crippen LogP contribution in [0.15, 0.2) is 48.5 Å². The number of nitrogens with one attached hydrogen (secondary N) is 1. The predicted octanol–water partition coefficient (Wildman–Crippen LogP) is 3.60. The lowest BCUT2D eigenvalue weighted by molar-refractivity contribution is -0.126. The third-order valence-corrected chi connectivity index (χ3v) is 5.96. The van der Waals surface area contributed by atoms with Gasteiger partial charge in [0.2, 0.25) is 5.91 Å². The number of carbonyl (C=O) groups is 2. The summed E-state index contributed by atoms with van der Waals surface area (Å²) < 4.78 is 14.2. The molecule has 0 spiro atoms. The third kappa shape index (κ3) is 4.04. The Labute approximate surface area is 166 Å². The molecule has 28 heavy (non-hydrogen) atoms. The van der Waals surface area contributed by atoms with E-state index in [-0.39, 0.29) is 23.5 Å². The normalized spacial score (nSPS) is 16.9. The van der Waals surface area contributed by atoms with Crippen molar-refractivity contribution in [3.8, 4) is 0 Å². The maximum absolute atomic E-state index is 13.1. The van der Waals surface area contributed by atoms with Crippen molar-refractivity contribution in [3.05, 3.63) is 64.9 Å². The van der Waals surface area contributed by atoms with Crippen molar-refractivity contribution in [2.45, 2.75) is 19.4 Å². The smallest absolute Gasteiger partial charge is 0.253 e. The van der Waals surface area contributed by atoms with Crippen molar-refractivity contribution in [1.82, 2.24) is 15.2 Å². The Morgan fingerprint density at radius 1 is 1.18 bits per heavy atom. The van der Waals surface area contributed by atoms with Gasteiger partial charge in [-0.05, 0) is 49.2 Å². The molecular formula is C21H20FN3O2S. The van der Waals surface area contributed by atoms with Crippen LogP contribution in [0.2, 0.25) is 0 Å². The predicted molar refractivity (Wildman–Crippen MR) is 106 cm³/mol. The lowest BCUT2D eigenvalue weighted by Gasteiger charge is -2.32. The zero-order chi connectivity index (χ0) is 19.5. The number of amides is 2. The van der Waals surface area contributed by atoms with E-state index < -0.39 is 0 Å². The van der Waals surface area contributed by atoms with Crippen LogP contribution in [0.1, 0.15) is 28.2 Å². The SMILES string of the molecule is O=C(NCc1nc2ccccc2s1)C1CCCN(C(=O)c2ccc(F)cc2)C1. The van der Waals surface area contributed by atoms with E-state index in [9.17, 15) is 14.0 Å². The molecule has 1 aliphatic rings. The molecule has 2 aromatic carbocycles. The first-order chi connectivity index (χ1) is 13.6. The molecule has 0 radical (unpaired) electrons. The van der Waals surface area contributed by atoms with Crippen LogP contribution in [0.4, 0.5) is 4.39 Å². The van der Waals surface area contributed by atoms with E-state index >= 15 is 0 Å². The van der Waals surface area contributed by atoms with Gasteiger partial charge in [0.05, 0.1) is 22.7 Å². The second-order valence-corrected chi connectivity index (χ2v) is 8.01. The van der Waals surface area contributed by atoms with Gasteiger partial charge in [-0.15, -0.1) is 11.3 Å². The molecule has 2 amide bonds. The fourth-order valence-electron chi connectivity index (χ4n) is 3.45. The van der Waals surface area contributed by atoms with Gasteiger partial charge in [-0.2, -0.15) is 0 Å². The van der Waals surface area contributed by atoms with Crippen LogP contribution in [0.25, 0.3) is 10.2 Å². The first-order valence-corrected chi connectivity index (χ1v) is 10.1. The van der Waals surface area contributed by atoms with Gasteiger partial charge in [-0.25, -0.2) is 9.37 Å². The van der Waals surface area contributed by atoms with Gasteiger partial charge in [0, 0.05) is 18.7 Å². The minimum absolute atomic E-state index is 0.0594. The highest BCUT2D eigenvalue weighted by molar-refractivity contribution is 7.18. The molecule has 3 aromatic rings. The summed E-state index contributed by atoms with van der Waals surface area (Å²) in [6, 6.07) is 13.4. The fraction of sp³-hybridized carbons (Fsp3) is 0.286. The molecule has 144 valence electrons. The monoisotopic (exact) mass is 397 g/mol. The number of hydrogen-bond acceptors (Lipinski definition) is 4. The molecule has 1 atom stereocenters. The standard InChI is InChI=1S/C21H20FN3O2S/c22-16-9-7-14(8-10-16)21(27)25-11-3-4-15(13-25)20(26)23-12-19-24-17-5-1-2-6-18(17)28-19/h1-2,5-10,15H,3-4,11-13H2,(H,23,26). The lowest BCUT2D eigenvalue weighted by atomic mass is 9.96. The third-order valence-electron chi connectivity index (χ3n) is 4.92. The van der Waals surface area contributed by atoms with Gasteiger partial charge in [0.15, 0.2) is 0 Å². The second-order valence-electron chi connectivity index (χ2n) is 6.89. The van der Waals surface area contributed by atoms with Crippen molar-refractivity contribution in [2.24, 2.45) is 5.92 Å². The highest BCUT2D eigenvalue weighted by Gasteiger charge is 2.29. The molecule has 0 saturated carbocycles. The number of nitrogens with zero attached hydrogens (tertiary/aromatic N) is 2. The van der Waals surface area contributed by atoms with Crippen LogP contribution in [0, 0.1) is 11.7 Å². The minimum Gasteiger partial charge on any atom is -0.349 e. The van der Waals surface area contributed by atoms with Crippen LogP contribution < -0.4 is 5.32 Å². The maximum atomic E-state index is 13.1. The molecule has 4 rings (SSSR count). The van der Waals surface area contributed by atoms with Crippen LogP contribution in [-0.2, 0) is 11.3 Å². The lowest BCUT2D eigenvalue weighted by Crippen LogP contribution is -2.45. The Balaban J connectivity index is 1.36. The zero-order valence-electron chi connectivity index (χ0n) is 15.2. The number of piperidine rings is 1. The number of carbonyl (C=O) groups excluding carboxylic acids is 2. The first kappa shape index (κ1) is 18.6. The summed E-state index contributed by atoms with van der Waals surface area (Å²) in [7, 11) is 0. The van der Waals surface area contributed by atoms with Gasteiger partial charge >= 0.3 is 0 Å². The van der Waals surface area contributed by atoms with E-state index in [4.69, 9.17) is 0 Å². The van der Waals surface area contributed by atoms with E-state index in [1.807, 2.05) is 24.3 Å². The van der Waals surface area contributed by atoms with E-state index in [2.05, 4.69) is 10.3 Å². The number of thiazole rings is 1. The summed E-state index contributed by atoms with van der Waals surface area (Å²) in [5, 5.41) is 3.82. The maximum Gasteiger partial charge on any atom is 0.253 e. The Bertz CT molecular complexity index is 969. The van der Waals surface area contributed by atoms with Crippen LogP contribution in [-0.4, -0.2) is 34.8 Å². The van der Waals surface area contributed by atoms with E-state index in [1.165, 1.54) is 24.3 Å². The summed E-state index contributed by atoms with van der Waals surface area (Å²) in [4.78, 5) is 31.4. The van der Waals surface area contributed by atoms with Crippen molar-refractivity contribution in [3.63, 3.8) is 0 Å². The van der Waals surface area contributed by atoms with Gasteiger partial charge in [0.1, 0.15) is 10.8 Å². The Kier molecular flexibility index (Phi) is 5.34. The summed E-state index contributed by atoms with van der Waals surface area (Å²) in [5.41, 5.74) is 1.38. The molecule has 0 bridgehead atoms. The van der Waals surface area contributed by atoms with Gasteiger partial charge in [0.25, 0.3) is 5.91 Å². The topological polar surface area (TPSA) is 62.3 Å². The quantitative estimate of drug-likeness (QED) is 0.732. The molecule has 1 fully saturated rings. The summed E-state index contributed by atoms with van der Waals surface area (Å²) in [6.07, 6.45) is 1.52. The highest BCUT2D eigenvalue weighted by atomic mass is 32.1. The van der Waals surface area contributed by atoms with E-state index in [0.717, 1.165) is 28.1 Å². The summed E-state index contributed by atoms with van der Waals surface area (Å²) in [5.74, 6) is -0.839. The number of aromatic nitrogens is 1. The van der Waals surface area contributed by atoms with Gasteiger partial charge in [-0.1, -0.05) is 12.1 Å². The first-order valence-electron chi connectivity index (χ1n) is 9.27. The molecular weight excluding hydrogens is 377 g/mol. The highest BCUT2D eigenvalue weighted by Crippen LogP contribution is 2.22. The van der Waals surface area contributed by atoms with Crippen molar-refractivity contribution < 1.29 is 14.0 Å². The molecule has 1 saturated heterocycles. The largest absolute Gasteiger partial charge is 0.349 e. The molecule has 7 heteroatoms. The molecule has 1 aromatic heterocycles. The second kappa shape index (κ2) is 8.06. The number of likely N-dealkylation sites (tertiary alicyclic amines) is 1. The Hall–Kier alpha value is -2.80. The van der Waals surface area contributed by atoms with Crippen molar-refractivity contribution >= 4 is 33.4 Å². The van der Waals surface area contributed by atoms with E-state index in [1.54, 1.807) is 16.2 Å². The van der Waals surface area contributed by atoms with Crippen LogP contribution in [0.3, 0.4) is 0 Å². The van der Waals surface area contributed by atoms with Crippen molar-refractivity contribution in [1.29, 1.82) is 0 Å². The average Bonchev–Trinajstić information content (AvgIpc) is 3.15. The number of fused-ring (bicyclic) bond motifs is 1. The minimum atomic E-state index is -0.373. The Morgan fingerprint density at radius 2 is 1.96 bits per heavy atom. The molecule has 1 N–H and O–H groups in total. The number of para-hydroxylation sites is 1. The van der Waals surface area contributed by atoms with Crippen molar-refractivity contribution in [2.75, 3.05) is 13.1 Å². The van der Waals surface area contributed by atoms with Gasteiger partial charge in [-0.3, -0.25) is 9.59 Å². The molecule has 0 aliphatic carbocycles. The number of hydrogen-bond donors (Lipinski definition) is 1. The van der Waals surface area contributed by atoms with Gasteiger partial charge < -0.3 is 10.2 Å². The van der Waals surface area contributed by atoms with Crippen LogP contribution in [0.5, 0.6) is 0 Å². The molecule has 1 unspecified atom stereocenters. The van der Waals surface area contributed by atoms with E-state index in [0.29, 0.717) is 25.2 Å². The molecule has 2 heterocycles. The number of halogens is 1. The average molecular weight is 397 g/mol. The molecule has 1 aliphatic heterocycles. The number of rotatable bonds is 4. The summed E-state index contributed by atoms with van der Waals surface area (Å²) in [6.45, 7) is 1.38. The fourth-order valence-corrected chi connectivity index (χ4v) is 4.36. The Morgan fingerprint density at radius 3 is 2.75 bits per heavy atom. The zero-order valence-corrected chi connectivity index (χ0v) is 16.0. The summed E-state index contributed by atoms with van der Waals surface area (Å²) >= 11 is 1.57. The number of benzene rings is 2. The molecule has 5 nitrogen and oxygen atoms in total. The van der Waals surface area contributed by atoms with Crippen LogP contribution >= 0.6 is 11.3 Å².